The van der Waals surface area contributed by atoms with Crippen LogP contribution in [0.4, 0.5) is 10.5 Å². The third-order valence-electron chi connectivity index (χ3n) is 8.65. The lowest BCUT2D eigenvalue weighted by molar-refractivity contribution is -0.191. The van der Waals surface area contributed by atoms with Gasteiger partial charge in [-0.3, -0.25) is 14.4 Å². The highest BCUT2D eigenvalue weighted by molar-refractivity contribution is 7.90. The number of hydrogen-bond donors (Lipinski definition) is 1. The van der Waals surface area contributed by atoms with Crippen LogP contribution in [-0.4, -0.2) is 74.7 Å². The number of amides is 2. The molecule has 1 fully saturated rings. The molecule has 2 atom stereocenters. The van der Waals surface area contributed by atoms with Crippen molar-refractivity contribution in [2.75, 3.05) is 43.2 Å². The molecule has 1 aromatic heterocycles. The minimum absolute atomic E-state index is 0.00960. The minimum atomic E-state index is -3.09. The number of benzene rings is 3. The number of halogens is 2. The van der Waals surface area contributed by atoms with Gasteiger partial charge in [-0.2, -0.15) is 14.7 Å². The predicted molar refractivity (Wildman–Crippen MR) is 191 cm³/mol. The number of hydrogen-bond acceptors (Lipinski definition) is 9. The van der Waals surface area contributed by atoms with Crippen LogP contribution in [0, 0.1) is 12.8 Å². The van der Waals surface area contributed by atoms with Crippen molar-refractivity contribution in [3.63, 3.8) is 0 Å². The molecule has 1 saturated carbocycles. The van der Waals surface area contributed by atoms with Crippen LogP contribution in [0.2, 0.25) is 10.0 Å². The molecule has 0 radical (unpaired) electrons. The van der Waals surface area contributed by atoms with Crippen molar-refractivity contribution in [1.29, 1.82) is 0 Å². The lowest BCUT2D eigenvalue weighted by Gasteiger charge is -2.29. The van der Waals surface area contributed by atoms with Gasteiger partial charge in [0.05, 0.1) is 24.2 Å². The average molecular weight is 756 g/mol. The highest BCUT2D eigenvalue weighted by Gasteiger charge is 2.48. The number of nitrogens with zero attached hydrogens (tertiary/aromatic N) is 3. The molecule has 0 unspecified atom stereocenters. The van der Waals surface area contributed by atoms with Crippen molar-refractivity contribution in [3.05, 3.63) is 99.3 Å². The molecule has 3 aromatic carbocycles. The number of carbonyl (C=O) groups is 2. The highest BCUT2D eigenvalue weighted by Crippen LogP contribution is 2.57. The number of carbonyl (C=O) groups excluding carboxylic acids is 4. The third-order valence-corrected chi connectivity index (χ3v) is 10.5. The molecule has 0 spiro atoms. The van der Waals surface area contributed by atoms with Crippen molar-refractivity contribution in [2.24, 2.45) is 5.92 Å². The number of nitrogens with one attached hydrogen (secondary N) is 1. The topological polar surface area (TPSA) is 154 Å². The molecule has 15 heteroatoms. The first-order chi connectivity index (χ1) is 24.4. The summed E-state index contributed by atoms with van der Waals surface area (Å²) in [4.78, 5) is 44.0. The molecular weight excluding hydrogens is 719 g/mol. The molecule has 2 aliphatic rings. The van der Waals surface area contributed by atoms with E-state index in [1.54, 1.807) is 40.0 Å². The molecule has 0 bridgehead atoms. The second-order valence-corrected chi connectivity index (χ2v) is 15.4. The van der Waals surface area contributed by atoms with E-state index in [9.17, 15) is 18.0 Å². The van der Waals surface area contributed by atoms with Crippen LogP contribution in [0.25, 0.3) is 11.1 Å². The van der Waals surface area contributed by atoms with Crippen LogP contribution in [-0.2, 0) is 30.7 Å². The fraction of sp³-hybridized carbons (Fsp3) is 0.333. The van der Waals surface area contributed by atoms with E-state index in [4.69, 9.17) is 42.3 Å². The predicted octanol–water partition coefficient (Wildman–Crippen LogP) is 5.93. The van der Waals surface area contributed by atoms with Crippen molar-refractivity contribution < 1.29 is 37.1 Å². The number of sulfone groups is 1. The van der Waals surface area contributed by atoms with Crippen LogP contribution in [0.5, 0.6) is 5.75 Å². The molecule has 1 aliphatic heterocycles. The minimum Gasteiger partial charge on any atom is -0.490 e. The lowest BCUT2D eigenvalue weighted by Crippen LogP contribution is -2.37. The number of anilines is 1. The van der Waals surface area contributed by atoms with Gasteiger partial charge in [0.25, 0.3) is 5.91 Å². The molecule has 1 N–H and O–H groups in total. The fourth-order valence-electron chi connectivity index (χ4n) is 6.08. The Hall–Kier alpha value is -4.68. The van der Waals surface area contributed by atoms with E-state index < -0.39 is 15.9 Å². The molecule has 2 heterocycles. The van der Waals surface area contributed by atoms with Gasteiger partial charge in [-0.05, 0) is 84.7 Å². The maximum absolute atomic E-state index is 13.3. The van der Waals surface area contributed by atoms with Gasteiger partial charge in [-0.1, -0.05) is 41.4 Å². The SMILES string of the molecule is Cc1c(Cl)cccc1OCCOC(=O)N1C[C@@H]2C[C@@H]2c2c(-c3cnn(Cc4cc(C(=O)NCCCS(C)(=O)=O)ccc4Cl)c3)cccc21.O=C=O. The van der Waals surface area contributed by atoms with Crippen LogP contribution in [0.15, 0.2) is 67.0 Å². The number of ether oxygens (including phenoxy) is 2. The summed E-state index contributed by atoms with van der Waals surface area (Å²) in [5, 5.41) is 8.47. The Balaban J connectivity index is 0.00000162. The number of aromatic nitrogens is 2. The van der Waals surface area contributed by atoms with E-state index in [0.29, 0.717) is 52.7 Å². The van der Waals surface area contributed by atoms with Crippen LogP contribution < -0.4 is 15.0 Å². The normalized spacial score (nSPS) is 15.7. The Morgan fingerprint density at radius 1 is 1.06 bits per heavy atom. The smallest absolute Gasteiger partial charge is 0.414 e. The van der Waals surface area contributed by atoms with E-state index >= 15 is 0 Å². The van der Waals surface area contributed by atoms with Gasteiger partial charge in [0.1, 0.15) is 28.8 Å². The molecule has 268 valence electrons. The zero-order valence-electron chi connectivity index (χ0n) is 27.9. The summed E-state index contributed by atoms with van der Waals surface area (Å²) >= 11 is 12.7. The monoisotopic (exact) mass is 754 g/mol. The van der Waals surface area contributed by atoms with Crippen molar-refractivity contribution in [3.8, 4) is 16.9 Å². The zero-order valence-corrected chi connectivity index (χ0v) is 30.3. The quantitative estimate of drug-likeness (QED) is 0.173. The molecule has 4 aromatic rings. The van der Waals surface area contributed by atoms with Gasteiger partial charge in [0.15, 0.2) is 0 Å². The fourth-order valence-corrected chi connectivity index (χ4v) is 7.09. The summed E-state index contributed by atoms with van der Waals surface area (Å²) < 4.78 is 35.9. The molecule has 2 amide bonds. The maximum atomic E-state index is 13.3. The Kier molecular flexibility index (Phi) is 12.2. The number of fused-ring (bicyclic) bond motifs is 3. The maximum Gasteiger partial charge on any atom is 0.414 e. The van der Waals surface area contributed by atoms with Crippen LogP contribution in [0.3, 0.4) is 0 Å². The summed E-state index contributed by atoms with van der Waals surface area (Å²) in [6, 6.07) is 16.4. The summed E-state index contributed by atoms with van der Waals surface area (Å²) in [5.74, 6) is 1.09. The van der Waals surface area contributed by atoms with Gasteiger partial charge < -0.3 is 14.8 Å². The summed E-state index contributed by atoms with van der Waals surface area (Å²) in [6.45, 7) is 3.39. The van der Waals surface area contributed by atoms with Crippen molar-refractivity contribution in [1.82, 2.24) is 15.1 Å². The first-order valence-electron chi connectivity index (χ1n) is 16.1. The van der Waals surface area contributed by atoms with Gasteiger partial charge in [-0.15, -0.1) is 0 Å². The molecular formula is C36H36Cl2N4O8S. The highest BCUT2D eigenvalue weighted by atomic mass is 35.5. The molecule has 6 rings (SSSR count). The Labute approximate surface area is 305 Å². The van der Waals surface area contributed by atoms with Crippen LogP contribution >= 0.6 is 23.2 Å². The van der Waals surface area contributed by atoms with E-state index in [1.807, 2.05) is 43.5 Å². The first kappa shape index (κ1) is 37.6. The second-order valence-electron chi connectivity index (χ2n) is 12.3. The van der Waals surface area contributed by atoms with Gasteiger partial charge >= 0.3 is 12.2 Å². The standard InChI is InChI=1S/C35H36Cl2N4O6S.CO2/c1-22-29(36)7-4-9-32(22)46-13-14-47-35(43)41-21-24-17-28(24)33-27(6-3-8-31(33)41)26-18-39-40(20-26)19-25-16-23(10-11-30(25)37)34(42)38-12-5-15-48(2,44)45;2-1-3/h3-4,6-11,16,18,20,24,28H,5,12-15,17,19,21H2,1-2H3,(H,38,42);/t24-,28-;/m0./s1. The molecule has 1 aliphatic carbocycles. The lowest BCUT2D eigenvalue weighted by atomic mass is 9.93. The number of rotatable bonds is 12. The average Bonchev–Trinajstić information content (AvgIpc) is 3.74. The first-order valence-corrected chi connectivity index (χ1v) is 18.9. The van der Waals surface area contributed by atoms with Gasteiger partial charge in [0, 0.05) is 52.3 Å². The second kappa shape index (κ2) is 16.6. The van der Waals surface area contributed by atoms with Gasteiger partial charge in [0.2, 0.25) is 0 Å². The largest absolute Gasteiger partial charge is 0.490 e. The van der Waals surface area contributed by atoms with Crippen LogP contribution in [0.1, 0.15) is 45.8 Å². The Morgan fingerprint density at radius 3 is 2.59 bits per heavy atom. The van der Waals surface area contributed by atoms with Gasteiger partial charge in [-0.25, -0.2) is 13.2 Å². The van der Waals surface area contributed by atoms with E-state index in [0.717, 1.165) is 39.9 Å². The molecule has 12 nitrogen and oxygen atoms in total. The van der Waals surface area contributed by atoms with E-state index in [2.05, 4.69) is 10.4 Å². The van der Waals surface area contributed by atoms with Crippen molar-refractivity contribution in [2.45, 2.75) is 32.2 Å². The molecule has 0 saturated heterocycles. The zero-order chi connectivity index (χ0) is 36.7. The van der Waals surface area contributed by atoms with E-state index in [1.165, 1.54) is 6.26 Å². The molecule has 51 heavy (non-hydrogen) atoms. The summed E-state index contributed by atoms with van der Waals surface area (Å²) in [5.41, 5.74) is 5.86. The summed E-state index contributed by atoms with van der Waals surface area (Å²) in [7, 11) is -3.09. The summed E-state index contributed by atoms with van der Waals surface area (Å²) in [6.07, 6.45) is 6.09. The van der Waals surface area contributed by atoms with Crippen molar-refractivity contribution >= 4 is 56.9 Å². The van der Waals surface area contributed by atoms with E-state index in [-0.39, 0.29) is 37.6 Å². The third kappa shape index (κ3) is 9.56. The Bertz CT molecular complexity index is 2060. The Morgan fingerprint density at radius 2 is 1.82 bits per heavy atom.